The van der Waals surface area contributed by atoms with E-state index in [9.17, 15) is 25.2 Å². The number of rotatable bonds is 8. The topological polar surface area (TPSA) is 124 Å². The molecular formula is C31H38ClN5O5. The molecule has 0 spiro atoms. The van der Waals surface area contributed by atoms with Crippen molar-refractivity contribution in [1.29, 1.82) is 0 Å². The van der Waals surface area contributed by atoms with Crippen LogP contribution in [0.4, 0.5) is 11.4 Å². The number of pyridine rings is 1. The summed E-state index contributed by atoms with van der Waals surface area (Å²) in [4.78, 5) is 23.0. The van der Waals surface area contributed by atoms with Gasteiger partial charge in [-0.05, 0) is 63.6 Å². The molecule has 2 aromatic carbocycles. The van der Waals surface area contributed by atoms with Gasteiger partial charge in [0, 0.05) is 73.7 Å². The van der Waals surface area contributed by atoms with Crippen LogP contribution in [-0.2, 0) is 4.79 Å². The smallest absolute Gasteiger partial charge is 0.368 e. The van der Waals surface area contributed by atoms with Crippen molar-refractivity contribution in [2.75, 3.05) is 43.0 Å². The largest absolute Gasteiger partial charge is 0.505 e. The minimum atomic E-state index is -3.09. The molecule has 4 rings (SSSR count). The van der Waals surface area contributed by atoms with Gasteiger partial charge < -0.3 is 30.2 Å². The van der Waals surface area contributed by atoms with Gasteiger partial charge in [0.25, 0.3) is 0 Å². The summed E-state index contributed by atoms with van der Waals surface area (Å²) in [5.41, 5.74) is 4.64. The molecule has 224 valence electrons. The number of aryl methyl sites for hydroxylation is 1. The van der Waals surface area contributed by atoms with Crippen molar-refractivity contribution < 1.29 is 25.2 Å². The number of halogens is 1. The highest BCUT2D eigenvalue weighted by molar-refractivity contribution is 6.34. The van der Waals surface area contributed by atoms with Crippen molar-refractivity contribution in [3.05, 3.63) is 71.6 Å². The first-order chi connectivity index (χ1) is 19.7. The average Bonchev–Trinajstić information content (AvgIpc) is 2.94. The Kier molecular flexibility index (Phi) is 9.15. The second-order valence-electron chi connectivity index (χ2n) is 11.4. The zero-order valence-electron chi connectivity index (χ0n) is 24.5. The summed E-state index contributed by atoms with van der Waals surface area (Å²) < 4.78 is 0. The number of anilines is 2. The number of piperazine rings is 1. The number of amides is 1. The molecule has 4 N–H and O–H groups in total. The lowest BCUT2D eigenvalue weighted by molar-refractivity contribution is -0.376. The molecule has 11 heteroatoms. The van der Waals surface area contributed by atoms with Gasteiger partial charge in [0.1, 0.15) is 11.4 Å². The van der Waals surface area contributed by atoms with Crippen molar-refractivity contribution in [2.24, 2.45) is 0 Å². The molecule has 42 heavy (non-hydrogen) atoms. The number of aromatic nitrogens is 1. The number of benzene rings is 2. The number of carbonyl (C=O) groups is 1. The summed E-state index contributed by atoms with van der Waals surface area (Å²) in [7, 11) is 1.21. The highest BCUT2D eigenvalue weighted by Crippen LogP contribution is 2.40. The molecule has 0 bridgehead atoms. The molecule has 0 aliphatic carbocycles. The van der Waals surface area contributed by atoms with Crippen LogP contribution in [0.15, 0.2) is 60.9 Å². The summed E-state index contributed by atoms with van der Waals surface area (Å²) in [5, 5.41) is 39.4. The van der Waals surface area contributed by atoms with E-state index in [1.54, 1.807) is 24.3 Å². The van der Waals surface area contributed by atoms with E-state index < -0.39 is 6.10 Å². The van der Waals surface area contributed by atoms with Crippen LogP contribution in [0.5, 0.6) is 5.75 Å². The zero-order chi connectivity index (χ0) is 30.8. The fourth-order valence-corrected chi connectivity index (χ4v) is 5.18. The fourth-order valence-electron chi connectivity index (χ4n) is 4.90. The Morgan fingerprint density at radius 1 is 0.952 bits per heavy atom. The zero-order valence-corrected chi connectivity index (χ0v) is 25.2. The van der Waals surface area contributed by atoms with Crippen LogP contribution in [0.2, 0.25) is 5.02 Å². The standard InChI is InChI=1S/C31H38ClN5O5/c1-21-17-25(22-9-10-27(26(32)19-22)36(20-38)12-11-34(5)31(40,41)42)29(39)28(33-21)23-7-6-8-24(18-23)35-13-15-37(16-14-35)30(2,3)4/h6-12,17-20,39-42H,13-16H2,1-5H3/b12-11-. The van der Waals surface area contributed by atoms with E-state index in [-0.39, 0.29) is 16.3 Å². The molecule has 1 saturated heterocycles. The van der Waals surface area contributed by atoms with E-state index in [0.717, 1.165) is 48.5 Å². The van der Waals surface area contributed by atoms with Crippen LogP contribution in [0, 0.1) is 6.92 Å². The maximum atomic E-state index is 11.7. The van der Waals surface area contributed by atoms with Gasteiger partial charge in [-0.15, -0.1) is 0 Å². The number of aromatic hydroxyl groups is 1. The summed E-state index contributed by atoms with van der Waals surface area (Å²) in [6.07, 6.45) is -0.288. The number of carbonyl (C=O) groups excluding carboxylic acids is 1. The molecule has 1 aliphatic rings. The van der Waals surface area contributed by atoms with Crippen molar-refractivity contribution >= 4 is 29.4 Å². The van der Waals surface area contributed by atoms with Gasteiger partial charge in [-0.2, -0.15) is 0 Å². The number of hydrogen-bond acceptors (Lipinski definition) is 9. The lowest BCUT2D eigenvalue weighted by Gasteiger charge is -2.43. The molecule has 0 unspecified atom stereocenters. The van der Waals surface area contributed by atoms with E-state index in [2.05, 4.69) is 47.7 Å². The van der Waals surface area contributed by atoms with Crippen molar-refractivity contribution in [2.45, 2.75) is 39.3 Å². The molecule has 1 fully saturated rings. The maximum Gasteiger partial charge on any atom is 0.368 e. The molecule has 1 aromatic heterocycles. The summed E-state index contributed by atoms with van der Waals surface area (Å²) in [6, 6.07) is 14.8. The third kappa shape index (κ3) is 7.03. The first kappa shape index (κ1) is 31.3. The van der Waals surface area contributed by atoms with Gasteiger partial charge in [0.2, 0.25) is 6.41 Å². The Balaban J connectivity index is 1.62. The second-order valence-corrected chi connectivity index (χ2v) is 11.8. The SMILES string of the molecule is Cc1cc(-c2ccc(N(C=O)/C=C\N(C)C(O)(O)O)c(Cl)c2)c(O)c(-c2cccc(N3CCN(C(C)(C)C)CC3)c2)n1. The van der Waals surface area contributed by atoms with E-state index >= 15 is 0 Å². The molecule has 1 aliphatic heterocycles. The van der Waals surface area contributed by atoms with E-state index in [1.807, 2.05) is 19.1 Å². The van der Waals surface area contributed by atoms with Gasteiger partial charge in [-0.1, -0.05) is 29.8 Å². The molecule has 0 atom stereocenters. The maximum absolute atomic E-state index is 11.7. The third-order valence-electron chi connectivity index (χ3n) is 7.41. The molecular weight excluding hydrogens is 558 g/mol. The van der Waals surface area contributed by atoms with Crippen LogP contribution in [0.1, 0.15) is 26.5 Å². The van der Waals surface area contributed by atoms with Gasteiger partial charge in [-0.25, -0.2) is 4.98 Å². The molecule has 1 amide bonds. The van der Waals surface area contributed by atoms with Crippen molar-refractivity contribution in [3.8, 4) is 28.1 Å². The lowest BCUT2D eigenvalue weighted by Crippen LogP contribution is -2.53. The predicted molar refractivity (Wildman–Crippen MR) is 165 cm³/mol. The minimum absolute atomic E-state index is 0.0121. The lowest BCUT2D eigenvalue weighted by atomic mass is 9.99. The van der Waals surface area contributed by atoms with Crippen LogP contribution < -0.4 is 9.80 Å². The Morgan fingerprint density at radius 2 is 1.64 bits per heavy atom. The highest BCUT2D eigenvalue weighted by Gasteiger charge is 2.26. The van der Waals surface area contributed by atoms with Crippen LogP contribution in [0.3, 0.4) is 0 Å². The Bertz CT molecular complexity index is 1460. The monoisotopic (exact) mass is 595 g/mol. The van der Waals surface area contributed by atoms with Gasteiger partial charge in [0.05, 0.1) is 10.7 Å². The summed E-state index contributed by atoms with van der Waals surface area (Å²) >= 11 is 6.55. The van der Waals surface area contributed by atoms with Crippen LogP contribution in [0.25, 0.3) is 22.4 Å². The molecule has 10 nitrogen and oxygen atoms in total. The average molecular weight is 596 g/mol. The molecule has 0 radical (unpaired) electrons. The third-order valence-corrected chi connectivity index (χ3v) is 7.71. The summed E-state index contributed by atoms with van der Waals surface area (Å²) in [5.74, 6) is 0.0121. The van der Waals surface area contributed by atoms with Crippen molar-refractivity contribution in [3.63, 3.8) is 0 Å². The van der Waals surface area contributed by atoms with E-state index in [1.165, 1.54) is 13.2 Å². The van der Waals surface area contributed by atoms with Gasteiger partial charge >= 0.3 is 6.10 Å². The van der Waals surface area contributed by atoms with Crippen molar-refractivity contribution in [1.82, 2.24) is 14.8 Å². The normalized spacial score (nSPS) is 14.8. The molecule has 2 heterocycles. The number of nitrogens with zero attached hydrogens (tertiary/aromatic N) is 5. The molecule has 0 saturated carbocycles. The van der Waals surface area contributed by atoms with Crippen LogP contribution >= 0.6 is 11.6 Å². The minimum Gasteiger partial charge on any atom is -0.505 e. The Hall–Kier alpha value is -3.67. The number of aliphatic hydroxyl groups is 3. The van der Waals surface area contributed by atoms with Gasteiger partial charge in [0.15, 0.2) is 0 Å². The second kappa shape index (κ2) is 12.3. The number of hydrogen-bond donors (Lipinski definition) is 4. The quantitative estimate of drug-likeness (QED) is 0.226. The molecule has 3 aromatic rings. The van der Waals surface area contributed by atoms with E-state index in [4.69, 9.17) is 11.6 Å². The predicted octanol–water partition coefficient (Wildman–Crippen LogP) is 3.96. The van der Waals surface area contributed by atoms with Gasteiger partial charge in [-0.3, -0.25) is 14.6 Å². The Labute approximate surface area is 251 Å². The van der Waals surface area contributed by atoms with E-state index in [0.29, 0.717) is 39.5 Å². The first-order valence-corrected chi connectivity index (χ1v) is 14.0. The first-order valence-electron chi connectivity index (χ1n) is 13.6. The Morgan fingerprint density at radius 3 is 2.24 bits per heavy atom. The summed E-state index contributed by atoms with van der Waals surface area (Å²) in [6.45, 7) is 12.3. The van der Waals surface area contributed by atoms with Crippen LogP contribution in [-0.4, -0.2) is 86.5 Å². The highest BCUT2D eigenvalue weighted by atomic mass is 35.5. The fraction of sp³-hybridized carbons (Fsp3) is 0.355.